The lowest BCUT2D eigenvalue weighted by Gasteiger charge is -2.29. The first-order valence-corrected chi connectivity index (χ1v) is 9.52. The highest BCUT2D eigenvalue weighted by atomic mass is 32.1. The number of pyridine rings is 1. The lowest BCUT2D eigenvalue weighted by atomic mass is 10.2. The van der Waals surface area contributed by atoms with Gasteiger partial charge in [-0.3, -0.25) is 9.88 Å². The Balaban J connectivity index is 1.57. The maximum Gasteiger partial charge on any atom is 0.173 e. The van der Waals surface area contributed by atoms with E-state index in [0.717, 1.165) is 63.2 Å². The molecule has 1 aromatic heterocycles. The van der Waals surface area contributed by atoms with E-state index in [2.05, 4.69) is 44.4 Å². The van der Waals surface area contributed by atoms with Crippen molar-refractivity contribution in [1.82, 2.24) is 14.8 Å². The van der Waals surface area contributed by atoms with Crippen molar-refractivity contribution >= 4 is 23.0 Å². The quantitative estimate of drug-likeness (QED) is 0.756. The fraction of sp³-hybridized carbons (Fsp3) is 0.400. The minimum absolute atomic E-state index is 0.740. The van der Waals surface area contributed by atoms with E-state index in [4.69, 9.17) is 17.0 Å². The first kappa shape index (κ1) is 18.8. The molecule has 0 saturated carbocycles. The number of nitrogens with one attached hydrogen (secondary N) is 1. The van der Waals surface area contributed by atoms with Gasteiger partial charge in [-0.2, -0.15) is 0 Å². The molecule has 26 heavy (non-hydrogen) atoms. The van der Waals surface area contributed by atoms with E-state index in [1.165, 1.54) is 5.56 Å². The molecule has 6 heteroatoms. The number of rotatable bonds is 7. The lowest BCUT2D eigenvalue weighted by molar-refractivity contribution is 0.0368. The fourth-order valence-corrected chi connectivity index (χ4v) is 3.28. The molecule has 0 aliphatic carbocycles. The second-order valence-electron chi connectivity index (χ2n) is 6.39. The average molecular weight is 371 g/mol. The molecule has 2 heterocycles. The van der Waals surface area contributed by atoms with Crippen LogP contribution in [-0.2, 0) is 11.3 Å². The molecule has 3 rings (SSSR count). The molecule has 1 fully saturated rings. The zero-order chi connectivity index (χ0) is 18.0. The van der Waals surface area contributed by atoms with Gasteiger partial charge in [0, 0.05) is 38.9 Å². The van der Waals surface area contributed by atoms with Crippen LogP contribution in [0, 0.1) is 0 Å². The van der Waals surface area contributed by atoms with Gasteiger partial charge < -0.3 is 15.0 Å². The first-order chi connectivity index (χ1) is 12.8. The molecule has 0 atom stereocenters. The molecule has 1 aliphatic rings. The van der Waals surface area contributed by atoms with Crippen LogP contribution in [0.3, 0.4) is 0 Å². The maximum absolute atomic E-state index is 5.68. The molecule has 138 valence electrons. The predicted molar refractivity (Wildman–Crippen MR) is 109 cm³/mol. The minimum Gasteiger partial charge on any atom is -0.379 e. The predicted octanol–water partition coefficient (Wildman–Crippen LogP) is 3.00. The van der Waals surface area contributed by atoms with Gasteiger partial charge in [-0.15, -0.1) is 0 Å². The SMILES string of the molecule is S=C(Nc1cccnc1)N(CCCN1CCOCC1)Cc1ccccc1. The van der Waals surface area contributed by atoms with Crippen molar-refractivity contribution in [1.29, 1.82) is 0 Å². The summed E-state index contributed by atoms with van der Waals surface area (Å²) >= 11 is 5.68. The first-order valence-electron chi connectivity index (χ1n) is 9.11. The molecule has 0 unspecified atom stereocenters. The Morgan fingerprint density at radius 2 is 1.96 bits per heavy atom. The third-order valence-corrected chi connectivity index (χ3v) is 4.78. The number of anilines is 1. The van der Waals surface area contributed by atoms with E-state index >= 15 is 0 Å². The zero-order valence-corrected chi connectivity index (χ0v) is 15.8. The van der Waals surface area contributed by atoms with Gasteiger partial charge in [-0.05, 0) is 36.3 Å². The second-order valence-corrected chi connectivity index (χ2v) is 6.77. The number of morpholine rings is 1. The Labute approximate surface area is 161 Å². The molecule has 1 saturated heterocycles. The summed E-state index contributed by atoms with van der Waals surface area (Å²) in [6.45, 7) is 6.52. The molecular weight excluding hydrogens is 344 g/mol. The van der Waals surface area contributed by atoms with Gasteiger partial charge in [0.05, 0.1) is 25.1 Å². The summed E-state index contributed by atoms with van der Waals surface area (Å²) < 4.78 is 5.42. The van der Waals surface area contributed by atoms with Crippen LogP contribution >= 0.6 is 12.2 Å². The van der Waals surface area contributed by atoms with Gasteiger partial charge in [0.2, 0.25) is 0 Å². The minimum atomic E-state index is 0.740. The second kappa shape index (κ2) is 10.2. The molecular formula is C20H26N4OS. The van der Waals surface area contributed by atoms with Crippen molar-refractivity contribution in [3.63, 3.8) is 0 Å². The van der Waals surface area contributed by atoms with E-state index < -0.39 is 0 Å². The monoisotopic (exact) mass is 370 g/mol. The number of thiocarbonyl (C=S) groups is 1. The van der Waals surface area contributed by atoms with E-state index in [0.29, 0.717) is 0 Å². The molecule has 0 bridgehead atoms. The van der Waals surface area contributed by atoms with Gasteiger partial charge in [0.15, 0.2) is 5.11 Å². The summed E-state index contributed by atoms with van der Waals surface area (Å²) in [6, 6.07) is 14.3. The standard InChI is InChI=1S/C20H26N4OS/c26-20(22-19-8-4-9-21-16-19)24(17-18-6-2-1-3-7-18)11-5-10-23-12-14-25-15-13-23/h1-4,6-9,16H,5,10-15,17H2,(H,22,26). The highest BCUT2D eigenvalue weighted by molar-refractivity contribution is 7.80. The lowest BCUT2D eigenvalue weighted by Crippen LogP contribution is -2.40. The Morgan fingerprint density at radius 1 is 1.15 bits per heavy atom. The molecule has 0 amide bonds. The number of benzene rings is 1. The Morgan fingerprint density at radius 3 is 2.69 bits per heavy atom. The number of hydrogen-bond acceptors (Lipinski definition) is 4. The highest BCUT2D eigenvalue weighted by Crippen LogP contribution is 2.10. The Hall–Kier alpha value is -2.02. The third kappa shape index (κ3) is 6.05. The largest absolute Gasteiger partial charge is 0.379 e. The van der Waals surface area contributed by atoms with E-state index in [9.17, 15) is 0 Å². The topological polar surface area (TPSA) is 40.6 Å². The van der Waals surface area contributed by atoms with Crippen LogP contribution in [0.4, 0.5) is 5.69 Å². The molecule has 5 nitrogen and oxygen atoms in total. The molecule has 2 aromatic rings. The van der Waals surface area contributed by atoms with Crippen LogP contribution in [0.2, 0.25) is 0 Å². The van der Waals surface area contributed by atoms with Gasteiger partial charge >= 0.3 is 0 Å². The molecule has 0 spiro atoms. The van der Waals surface area contributed by atoms with Crippen molar-refractivity contribution in [3.8, 4) is 0 Å². The average Bonchev–Trinajstić information content (AvgIpc) is 2.69. The van der Waals surface area contributed by atoms with Gasteiger partial charge in [-0.1, -0.05) is 30.3 Å². The zero-order valence-electron chi connectivity index (χ0n) is 15.0. The van der Waals surface area contributed by atoms with Crippen LogP contribution in [-0.4, -0.2) is 59.3 Å². The van der Waals surface area contributed by atoms with E-state index in [-0.39, 0.29) is 0 Å². The highest BCUT2D eigenvalue weighted by Gasteiger charge is 2.13. The van der Waals surface area contributed by atoms with Crippen LogP contribution in [0.15, 0.2) is 54.9 Å². The number of aromatic nitrogens is 1. The van der Waals surface area contributed by atoms with E-state index in [1.807, 2.05) is 18.2 Å². The van der Waals surface area contributed by atoms with Gasteiger partial charge in [0.25, 0.3) is 0 Å². The van der Waals surface area contributed by atoms with E-state index in [1.54, 1.807) is 12.4 Å². The molecule has 0 radical (unpaired) electrons. The van der Waals surface area contributed by atoms with Gasteiger partial charge in [-0.25, -0.2) is 0 Å². The summed E-state index contributed by atoms with van der Waals surface area (Å²) in [6.07, 6.45) is 4.63. The van der Waals surface area contributed by atoms with Gasteiger partial charge in [0.1, 0.15) is 0 Å². The summed E-state index contributed by atoms with van der Waals surface area (Å²) in [5.74, 6) is 0. The summed E-state index contributed by atoms with van der Waals surface area (Å²) in [5, 5.41) is 4.05. The van der Waals surface area contributed by atoms with Crippen LogP contribution in [0.25, 0.3) is 0 Å². The number of nitrogens with zero attached hydrogens (tertiary/aromatic N) is 3. The Kier molecular flexibility index (Phi) is 7.37. The van der Waals surface area contributed by atoms with Crippen molar-refractivity contribution in [2.45, 2.75) is 13.0 Å². The third-order valence-electron chi connectivity index (χ3n) is 4.42. The molecule has 1 aliphatic heterocycles. The fourth-order valence-electron chi connectivity index (χ4n) is 3.01. The number of ether oxygens (including phenoxy) is 1. The molecule has 1 aromatic carbocycles. The van der Waals surface area contributed by atoms with Crippen molar-refractivity contribution in [2.24, 2.45) is 0 Å². The maximum atomic E-state index is 5.68. The normalized spacial score (nSPS) is 14.8. The van der Waals surface area contributed by atoms with Crippen molar-refractivity contribution < 1.29 is 4.74 Å². The van der Waals surface area contributed by atoms with Crippen LogP contribution in [0.1, 0.15) is 12.0 Å². The summed E-state index contributed by atoms with van der Waals surface area (Å²) in [7, 11) is 0. The summed E-state index contributed by atoms with van der Waals surface area (Å²) in [5.41, 5.74) is 2.18. The number of hydrogen-bond donors (Lipinski definition) is 1. The van der Waals surface area contributed by atoms with Crippen molar-refractivity contribution in [2.75, 3.05) is 44.7 Å². The van der Waals surface area contributed by atoms with Crippen LogP contribution < -0.4 is 5.32 Å². The molecule has 1 N–H and O–H groups in total. The van der Waals surface area contributed by atoms with Crippen molar-refractivity contribution in [3.05, 3.63) is 60.4 Å². The summed E-state index contributed by atoms with van der Waals surface area (Å²) in [4.78, 5) is 8.84. The van der Waals surface area contributed by atoms with Crippen LogP contribution in [0.5, 0.6) is 0 Å². The Bertz CT molecular complexity index is 662. The smallest absolute Gasteiger partial charge is 0.173 e.